The summed E-state index contributed by atoms with van der Waals surface area (Å²) >= 11 is 0. The predicted molar refractivity (Wildman–Crippen MR) is 77.6 cm³/mol. The maximum Gasteiger partial charge on any atom is 0.0361 e. The maximum absolute atomic E-state index is 3.76. The zero-order chi connectivity index (χ0) is 13.0. The van der Waals surface area contributed by atoms with E-state index in [0.29, 0.717) is 11.5 Å². The molecule has 1 N–H and O–H groups in total. The number of rotatable bonds is 5. The highest BCUT2D eigenvalue weighted by Crippen LogP contribution is 2.35. The molecular formula is C16H28N2. The Morgan fingerprint density at radius 3 is 3.00 bits per heavy atom. The second kappa shape index (κ2) is 5.92. The molecule has 2 rings (SSSR count). The van der Waals surface area contributed by atoms with E-state index < -0.39 is 0 Å². The van der Waals surface area contributed by atoms with Crippen molar-refractivity contribution >= 4 is 0 Å². The van der Waals surface area contributed by atoms with Crippen molar-refractivity contribution in [2.24, 2.45) is 5.41 Å². The molecule has 1 unspecified atom stereocenters. The average molecular weight is 248 g/mol. The Kier molecular flexibility index (Phi) is 4.50. The molecule has 1 atom stereocenters. The normalized spacial score (nSPS) is 23.2. The molecule has 1 aliphatic rings. The summed E-state index contributed by atoms with van der Waals surface area (Å²) < 4.78 is 2.38. The van der Waals surface area contributed by atoms with Gasteiger partial charge in [-0.25, -0.2) is 0 Å². The topological polar surface area (TPSA) is 17.0 Å². The van der Waals surface area contributed by atoms with Crippen LogP contribution in [0.15, 0.2) is 18.3 Å². The highest BCUT2D eigenvalue weighted by molar-refractivity contribution is 5.07. The van der Waals surface area contributed by atoms with Gasteiger partial charge < -0.3 is 9.88 Å². The quantitative estimate of drug-likeness (QED) is 0.834. The van der Waals surface area contributed by atoms with Gasteiger partial charge in [-0.1, -0.05) is 27.2 Å². The molecule has 0 aromatic carbocycles. The van der Waals surface area contributed by atoms with Gasteiger partial charge in [0, 0.05) is 31.0 Å². The van der Waals surface area contributed by atoms with E-state index in [1.807, 2.05) is 0 Å². The van der Waals surface area contributed by atoms with Crippen molar-refractivity contribution < 1.29 is 0 Å². The van der Waals surface area contributed by atoms with E-state index >= 15 is 0 Å². The molecular weight excluding hydrogens is 220 g/mol. The van der Waals surface area contributed by atoms with Crippen molar-refractivity contribution in [1.82, 2.24) is 9.88 Å². The van der Waals surface area contributed by atoms with Crippen LogP contribution < -0.4 is 5.32 Å². The molecule has 0 radical (unpaired) electrons. The summed E-state index contributed by atoms with van der Waals surface area (Å²) in [6.07, 6.45) is 8.83. The number of aryl methyl sites for hydroxylation is 1. The summed E-state index contributed by atoms with van der Waals surface area (Å²) in [5.41, 5.74) is 1.96. The number of aromatic nitrogens is 1. The molecule has 0 spiro atoms. The lowest BCUT2D eigenvalue weighted by Crippen LogP contribution is -2.37. The lowest BCUT2D eigenvalue weighted by atomic mass is 9.75. The Hall–Kier alpha value is -0.760. The Labute approximate surface area is 112 Å². The van der Waals surface area contributed by atoms with Gasteiger partial charge >= 0.3 is 0 Å². The fourth-order valence-electron chi connectivity index (χ4n) is 3.19. The second-order valence-electron chi connectivity index (χ2n) is 6.53. The summed E-state index contributed by atoms with van der Waals surface area (Å²) in [5, 5.41) is 3.76. The average Bonchev–Trinajstić information content (AvgIpc) is 2.73. The molecule has 1 saturated carbocycles. The standard InChI is InChI=1S/C16H28N2/c1-4-10-18-11-6-8-15(18)13-17-14-7-5-9-16(2,3)12-14/h6,8,11,14,17H,4-5,7,9-10,12-13H2,1-3H3. The largest absolute Gasteiger partial charge is 0.350 e. The van der Waals surface area contributed by atoms with Gasteiger partial charge in [-0.3, -0.25) is 0 Å². The summed E-state index contributed by atoms with van der Waals surface area (Å²) in [5.74, 6) is 0. The third-order valence-electron chi connectivity index (χ3n) is 4.17. The van der Waals surface area contributed by atoms with Crippen molar-refractivity contribution in [2.75, 3.05) is 0 Å². The van der Waals surface area contributed by atoms with Crippen LogP contribution in [0.25, 0.3) is 0 Å². The molecule has 1 heterocycles. The van der Waals surface area contributed by atoms with Crippen molar-refractivity contribution in [1.29, 1.82) is 0 Å². The van der Waals surface area contributed by atoms with E-state index in [1.54, 1.807) is 0 Å². The molecule has 1 aromatic rings. The summed E-state index contributed by atoms with van der Waals surface area (Å²) in [4.78, 5) is 0. The Bertz CT molecular complexity index is 365. The second-order valence-corrected chi connectivity index (χ2v) is 6.53. The van der Waals surface area contributed by atoms with Crippen LogP contribution >= 0.6 is 0 Å². The molecule has 18 heavy (non-hydrogen) atoms. The van der Waals surface area contributed by atoms with Gasteiger partial charge in [0.15, 0.2) is 0 Å². The van der Waals surface area contributed by atoms with E-state index in [-0.39, 0.29) is 0 Å². The maximum atomic E-state index is 3.76. The molecule has 2 nitrogen and oxygen atoms in total. The highest BCUT2D eigenvalue weighted by atomic mass is 15.0. The number of hydrogen-bond acceptors (Lipinski definition) is 1. The molecule has 0 bridgehead atoms. The Balaban J connectivity index is 1.85. The predicted octanol–water partition coefficient (Wildman–Crippen LogP) is 3.96. The van der Waals surface area contributed by atoms with Crippen LogP contribution in [0.2, 0.25) is 0 Å². The minimum Gasteiger partial charge on any atom is -0.350 e. The first-order valence-corrected chi connectivity index (χ1v) is 7.48. The zero-order valence-corrected chi connectivity index (χ0v) is 12.2. The van der Waals surface area contributed by atoms with Crippen LogP contribution in [0.4, 0.5) is 0 Å². The van der Waals surface area contributed by atoms with Gasteiger partial charge in [0.05, 0.1) is 0 Å². The lowest BCUT2D eigenvalue weighted by Gasteiger charge is -2.35. The molecule has 102 valence electrons. The minimum atomic E-state index is 0.529. The summed E-state index contributed by atoms with van der Waals surface area (Å²) in [6, 6.07) is 5.12. The Morgan fingerprint density at radius 2 is 2.28 bits per heavy atom. The molecule has 0 saturated heterocycles. The van der Waals surface area contributed by atoms with E-state index in [1.165, 1.54) is 37.8 Å². The minimum absolute atomic E-state index is 0.529. The molecule has 0 aliphatic heterocycles. The third-order valence-corrected chi connectivity index (χ3v) is 4.17. The van der Waals surface area contributed by atoms with Gasteiger partial charge in [-0.2, -0.15) is 0 Å². The van der Waals surface area contributed by atoms with Crippen LogP contribution in [0, 0.1) is 5.41 Å². The molecule has 1 fully saturated rings. The molecule has 2 heteroatoms. The number of nitrogens with zero attached hydrogens (tertiary/aromatic N) is 1. The van der Waals surface area contributed by atoms with Crippen molar-refractivity contribution in [3.63, 3.8) is 0 Å². The van der Waals surface area contributed by atoms with Gasteiger partial charge in [-0.05, 0) is 43.2 Å². The first-order chi connectivity index (χ1) is 8.61. The summed E-state index contributed by atoms with van der Waals surface area (Å²) in [6.45, 7) is 9.20. The van der Waals surface area contributed by atoms with Crippen molar-refractivity contribution in [2.45, 2.75) is 72.0 Å². The first-order valence-electron chi connectivity index (χ1n) is 7.48. The van der Waals surface area contributed by atoms with Crippen LogP contribution in [0.5, 0.6) is 0 Å². The highest BCUT2D eigenvalue weighted by Gasteiger charge is 2.27. The van der Waals surface area contributed by atoms with Crippen LogP contribution in [-0.2, 0) is 13.1 Å². The molecule has 1 aromatic heterocycles. The van der Waals surface area contributed by atoms with Crippen molar-refractivity contribution in [3.05, 3.63) is 24.0 Å². The SMILES string of the molecule is CCCn1cccc1CNC1CCCC(C)(C)C1. The lowest BCUT2D eigenvalue weighted by molar-refractivity contribution is 0.197. The fourth-order valence-corrected chi connectivity index (χ4v) is 3.19. The first kappa shape index (κ1) is 13.7. The monoisotopic (exact) mass is 248 g/mol. The van der Waals surface area contributed by atoms with Gasteiger partial charge in [0.25, 0.3) is 0 Å². The third kappa shape index (κ3) is 3.61. The van der Waals surface area contributed by atoms with E-state index in [0.717, 1.165) is 13.1 Å². The zero-order valence-electron chi connectivity index (χ0n) is 12.2. The van der Waals surface area contributed by atoms with E-state index in [2.05, 4.69) is 49.0 Å². The fraction of sp³-hybridized carbons (Fsp3) is 0.750. The number of nitrogens with one attached hydrogen (secondary N) is 1. The van der Waals surface area contributed by atoms with Gasteiger partial charge in [0.2, 0.25) is 0 Å². The van der Waals surface area contributed by atoms with Crippen LogP contribution in [-0.4, -0.2) is 10.6 Å². The Morgan fingerprint density at radius 1 is 1.44 bits per heavy atom. The van der Waals surface area contributed by atoms with Crippen LogP contribution in [0.1, 0.15) is 58.6 Å². The van der Waals surface area contributed by atoms with Gasteiger partial charge in [0.1, 0.15) is 0 Å². The summed E-state index contributed by atoms with van der Waals surface area (Å²) in [7, 11) is 0. The van der Waals surface area contributed by atoms with Gasteiger partial charge in [-0.15, -0.1) is 0 Å². The van der Waals surface area contributed by atoms with Crippen LogP contribution in [0.3, 0.4) is 0 Å². The van der Waals surface area contributed by atoms with E-state index in [9.17, 15) is 0 Å². The van der Waals surface area contributed by atoms with Crippen molar-refractivity contribution in [3.8, 4) is 0 Å². The van der Waals surface area contributed by atoms with E-state index in [4.69, 9.17) is 0 Å². The smallest absolute Gasteiger partial charge is 0.0361 e. The molecule has 1 aliphatic carbocycles. The number of hydrogen-bond donors (Lipinski definition) is 1. The molecule has 0 amide bonds.